The van der Waals surface area contributed by atoms with Crippen molar-refractivity contribution in [2.75, 3.05) is 54.1 Å². The number of methoxy groups -OCH3 is 3. The molecule has 1 aliphatic heterocycles. The van der Waals surface area contributed by atoms with Gasteiger partial charge in [0.15, 0.2) is 11.5 Å². The zero-order chi connectivity index (χ0) is 18.2. The van der Waals surface area contributed by atoms with Gasteiger partial charge in [0.05, 0.1) is 21.3 Å². The highest BCUT2D eigenvalue weighted by Crippen LogP contribution is 2.38. The van der Waals surface area contributed by atoms with E-state index in [2.05, 4.69) is 5.32 Å². The second kappa shape index (κ2) is 9.00. The Bertz CT molecular complexity index is 575. The Morgan fingerprint density at radius 1 is 1.08 bits per heavy atom. The molecule has 25 heavy (non-hydrogen) atoms. The minimum absolute atomic E-state index is 0.113. The van der Waals surface area contributed by atoms with Gasteiger partial charge in [0.25, 0.3) is 0 Å². The number of amides is 3. The van der Waals surface area contributed by atoms with Crippen molar-refractivity contribution in [3.8, 4) is 17.2 Å². The van der Waals surface area contributed by atoms with Crippen LogP contribution in [0.2, 0.25) is 0 Å². The number of urea groups is 1. The van der Waals surface area contributed by atoms with Gasteiger partial charge in [0.1, 0.15) is 0 Å². The van der Waals surface area contributed by atoms with E-state index >= 15 is 0 Å². The topological polar surface area (TPSA) is 80.3 Å². The molecular weight excluding hydrogens is 326 g/mol. The van der Waals surface area contributed by atoms with Crippen LogP contribution in [0.15, 0.2) is 12.1 Å². The standard InChI is InChI=1S/C17H25N3O5/c1-23-14-10-13(11-15(24-2)16(14)25-3)4-5-18-17(22)20-8-6-19(12-21)7-9-20/h10-12H,4-9H2,1-3H3,(H,18,22). The van der Waals surface area contributed by atoms with Crippen LogP contribution in [0.4, 0.5) is 4.79 Å². The third kappa shape index (κ3) is 4.68. The molecule has 0 bridgehead atoms. The number of rotatable bonds is 7. The first-order chi connectivity index (χ1) is 12.1. The predicted molar refractivity (Wildman–Crippen MR) is 92.4 cm³/mol. The van der Waals surface area contributed by atoms with E-state index in [1.807, 2.05) is 12.1 Å². The third-order valence-corrected chi connectivity index (χ3v) is 4.16. The second-order valence-electron chi connectivity index (χ2n) is 5.64. The molecule has 1 aliphatic rings. The van der Waals surface area contributed by atoms with Gasteiger partial charge in [0, 0.05) is 32.7 Å². The van der Waals surface area contributed by atoms with Crippen molar-refractivity contribution in [2.45, 2.75) is 6.42 Å². The molecule has 0 radical (unpaired) electrons. The Hall–Kier alpha value is -2.64. The fourth-order valence-corrected chi connectivity index (χ4v) is 2.74. The van der Waals surface area contributed by atoms with Crippen molar-refractivity contribution >= 4 is 12.4 Å². The number of carbonyl (C=O) groups excluding carboxylic acids is 2. The monoisotopic (exact) mass is 351 g/mol. The number of nitrogens with zero attached hydrogens (tertiary/aromatic N) is 2. The Kier molecular flexibility index (Phi) is 6.73. The predicted octanol–water partition coefficient (Wildman–Crippen LogP) is 0.739. The lowest BCUT2D eigenvalue weighted by Gasteiger charge is -2.32. The van der Waals surface area contributed by atoms with Gasteiger partial charge in [0.2, 0.25) is 12.2 Å². The van der Waals surface area contributed by atoms with Crippen LogP contribution in [0.25, 0.3) is 0 Å². The summed E-state index contributed by atoms with van der Waals surface area (Å²) >= 11 is 0. The van der Waals surface area contributed by atoms with Crippen molar-refractivity contribution in [1.82, 2.24) is 15.1 Å². The van der Waals surface area contributed by atoms with Crippen LogP contribution < -0.4 is 19.5 Å². The van der Waals surface area contributed by atoms with Gasteiger partial charge in [-0.05, 0) is 24.1 Å². The molecule has 0 saturated carbocycles. The van der Waals surface area contributed by atoms with Crippen molar-refractivity contribution in [2.24, 2.45) is 0 Å². The molecule has 1 fully saturated rings. The second-order valence-corrected chi connectivity index (χ2v) is 5.64. The number of piperazine rings is 1. The summed E-state index contributed by atoms with van der Waals surface area (Å²) in [6, 6.07) is 3.63. The molecule has 1 N–H and O–H groups in total. The Labute approximate surface area is 147 Å². The van der Waals surface area contributed by atoms with E-state index in [1.165, 1.54) is 0 Å². The molecule has 138 valence electrons. The largest absolute Gasteiger partial charge is 0.493 e. The minimum Gasteiger partial charge on any atom is -0.493 e. The zero-order valence-electron chi connectivity index (χ0n) is 14.9. The first-order valence-electron chi connectivity index (χ1n) is 8.14. The molecule has 3 amide bonds. The Morgan fingerprint density at radius 3 is 2.16 bits per heavy atom. The average Bonchev–Trinajstić information content (AvgIpc) is 2.66. The van der Waals surface area contributed by atoms with Crippen molar-refractivity contribution in [3.63, 3.8) is 0 Å². The van der Waals surface area contributed by atoms with Crippen molar-refractivity contribution in [1.29, 1.82) is 0 Å². The van der Waals surface area contributed by atoms with Crippen LogP contribution in [0, 0.1) is 0 Å². The summed E-state index contributed by atoms with van der Waals surface area (Å²) in [4.78, 5) is 26.2. The van der Waals surface area contributed by atoms with E-state index in [4.69, 9.17) is 14.2 Å². The lowest BCUT2D eigenvalue weighted by atomic mass is 10.1. The molecule has 8 heteroatoms. The maximum absolute atomic E-state index is 12.2. The molecule has 0 atom stereocenters. The number of nitrogens with one attached hydrogen (secondary N) is 1. The van der Waals surface area contributed by atoms with E-state index < -0.39 is 0 Å². The summed E-state index contributed by atoms with van der Waals surface area (Å²) < 4.78 is 16.0. The number of carbonyl (C=O) groups is 2. The first-order valence-corrected chi connectivity index (χ1v) is 8.14. The summed E-state index contributed by atoms with van der Waals surface area (Å²) in [7, 11) is 4.70. The molecule has 0 spiro atoms. The lowest BCUT2D eigenvalue weighted by molar-refractivity contribution is -0.119. The van der Waals surface area contributed by atoms with Crippen molar-refractivity contribution < 1.29 is 23.8 Å². The highest BCUT2D eigenvalue weighted by atomic mass is 16.5. The minimum atomic E-state index is -0.113. The first kappa shape index (κ1) is 18.7. The molecular formula is C17H25N3O5. The number of hydrogen-bond acceptors (Lipinski definition) is 5. The van der Waals surface area contributed by atoms with Gasteiger partial charge in [-0.15, -0.1) is 0 Å². The molecule has 0 unspecified atom stereocenters. The van der Waals surface area contributed by atoms with E-state index in [0.29, 0.717) is 56.4 Å². The summed E-state index contributed by atoms with van der Waals surface area (Å²) in [5, 5.41) is 2.90. The van der Waals surface area contributed by atoms with E-state index in [1.54, 1.807) is 31.1 Å². The van der Waals surface area contributed by atoms with Crippen LogP contribution in [0.5, 0.6) is 17.2 Å². The van der Waals surface area contributed by atoms with Gasteiger partial charge >= 0.3 is 6.03 Å². The highest BCUT2D eigenvalue weighted by molar-refractivity contribution is 5.74. The van der Waals surface area contributed by atoms with Crippen LogP contribution in [0.3, 0.4) is 0 Å². The van der Waals surface area contributed by atoms with Crippen molar-refractivity contribution in [3.05, 3.63) is 17.7 Å². The molecule has 1 heterocycles. The fourth-order valence-electron chi connectivity index (χ4n) is 2.74. The summed E-state index contributed by atoms with van der Waals surface area (Å²) in [6.07, 6.45) is 1.45. The zero-order valence-corrected chi connectivity index (χ0v) is 14.9. The number of ether oxygens (including phenoxy) is 3. The van der Waals surface area contributed by atoms with Gasteiger partial charge in [-0.25, -0.2) is 4.79 Å². The van der Waals surface area contributed by atoms with Gasteiger partial charge in [-0.2, -0.15) is 0 Å². The fraction of sp³-hybridized carbons (Fsp3) is 0.529. The van der Waals surface area contributed by atoms with E-state index in [-0.39, 0.29) is 6.03 Å². The molecule has 2 rings (SSSR count). The average molecular weight is 351 g/mol. The highest BCUT2D eigenvalue weighted by Gasteiger charge is 2.19. The van der Waals surface area contributed by atoms with Gasteiger partial charge in [-0.1, -0.05) is 0 Å². The van der Waals surface area contributed by atoms with Crippen LogP contribution in [0.1, 0.15) is 5.56 Å². The smallest absolute Gasteiger partial charge is 0.317 e. The summed E-state index contributed by atoms with van der Waals surface area (Å²) in [5.74, 6) is 1.73. The van der Waals surface area contributed by atoms with Crippen LogP contribution in [-0.2, 0) is 11.2 Å². The molecule has 8 nitrogen and oxygen atoms in total. The normalized spacial score (nSPS) is 14.0. The molecule has 1 saturated heterocycles. The third-order valence-electron chi connectivity index (χ3n) is 4.16. The number of benzene rings is 1. The number of hydrogen-bond donors (Lipinski definition) is 1. The van der Waals surface area contributed by atoms with Crippen LogP contribution in [-0.4, -0.2) is 76.3 Å². The molecule has 1 aromatic carbocycles. The van der Waals surface area contributed by atoms with E-state index in [9.17, 15) is 9.59 Å². The SMILES string of the molecule is COc1cc(CCNC(=O)N2CCN(C=O)CC2)cc(OC)c1OC. The molecule has 0 aliphatic carbocycles. The summed E-state index contributed by atoms with van der Waals surface area (Å²) in [5.41, 5.74) is 0.973. The van der Waals surface area contributed by atoms with Gasteiger partial charge in [-0.3, -0.25) is 4.79 Å². The van der Waals surface area contributed by atoms with Gasteiger partial charge < -0.3 is 29.3 Å². The molecule has 1 aromatic rings. The maximum atomic E-state index is 12.2. The quantitative estimate of drug-likeness (QED) is 0.733. The van der Waals surface area contributed by atoms with Crippen LogP contribution >= 0.6 is 0 Å². The summed E-state index contributed by atoms with van der Waals surface area (Å²) in [6.45, 7) is 2.74. The Morgan fingerprint density at radius 2 is 1.68 bits per heavy atom. The lowest BCUT2D eigenvalue weighted by Crippen LogP contribution is -2.51. The Balaban J connectivity index is 1.89. The molecule has 0 aromatic heterocycles. The van der Waals surface area contributed by atoms with E-state index in [0.717, 1.165) is 12.0 Å². The maximum Gasteiger partial charge on any atom is 0.317 e.